The van der Waals surface area contributed by atoms with E-state index in [1.165, 1.54) is 31.4 Å². The van der Waals surface area contributed by atoms with Crippen LogP contribution in [0, 0.1) is 5.82 Å². The van der Waals surface area contributed by atoms with Gasteiger partial charge in [-0.3, -0.25) is 4.79 Å². The number of amides is 1. The number of carbonyl (C=O) groups is 2. The van der Waals surface area contributed by atoms with Crippen LogP contribution < -0.4 is 10.1 Å². The van der Waals surface area contributed by atoms with Gasteiger partial charge in [-0.05, 0) is 44.0 Å². The summed E-state index contributed by atoms with van der Waals surface area (Å²) in [5.74, 6) is -0.448. The van der Waals surface area contributed by atoms with Gasteiger partial charge in [0.05, 0.1) is 13.7 Å². The van der Waals surface area contributed by atoms with Gasteiger partial charge in [0.25, 0.3) is 0 Å². The molecule has 0 radical (unpaired) electrons. The Hall–Kier alpha value is -2.11. The predicted octanol–water partition coefficient (Wildman–Crippen LogP) is 2.83. The summed E-state index contributed by atoms with van der Waals surface area (Å²) in [5.41, 5.74) is -1.00. The average Bonchev–Trinajstić information content (AvgIpc) is 2.52. The zero-order valence-electron chi connectivity index (χ0n) is 13.9. The highest BCUT2D eigenvalue weighted by atomic mass is 19.1. The smallest absolute Gasteiger partial charge is 0.331 e. The first-order chi connectivity index (χ1) is 10.9. The third-order valence-electron chi connectivity index (χ3n) is 3.43. The maximum Gasteiger partial charge on any atom is 0.331 e. The molecule has 0 heterocycles. The van der Waals surface area contributed by atoms with Gasteiger partial charge in [0, 0.05) is 6.42 Å². The molecule has 1 atom stereocenters. The summed E-state index contributed by atoms with van der Waals surface area (Å²) < 4.78 is 22.9. The van der Waals surface area contributed by atoms with Crippen molar-refractivity contribution in [2.45, 2.75) is 45.1 Å². The summed E-state index contributed by atoms with van der Waals surface area (Å²) >= 11 is 0. The van der Waals surface area contributed by atoms with Crippen LogP contribution in [-0.4, -0.2) is 31.1 Å². The number of methoxy groups -OCH3 is 1. The lowest BCUT2D eigenvalue weighted by Crippen LogP contribution is -2.52. The third-order valence-corrected chi connectivity index (χ3v) is 3.43. The maximum atomic E-state index is 12.7. The molecule has 0 bridgehead atoms. The summed E-state index contributed by atoms with van der Waals surface area (Å²) in [7, 11) is 1.30. The number of nitrogens with one attached hydrogen (secondary N) is 1. The van der Waals surface area contributed by atoms with Gasteiger partial charge in [-0.15, -0.1) is 0 Å². The van der Waals surface area contributed by atoms with Gasteiger partial charge in [-0.2, -0.15) is 0 Å². The van der Waals surface area contributed by atoms with Gasteiger partial charge >= 0.3 is 5.97 Å². The van der Waals surface area contributed by atoms with E-state index >= 15 is 0 Å². The molecule has 128 valence electrons. The Balaban J connectivity index is 2.37. The second-order valence-corrected chi connectivity index (χ2v) is 5.53. The highest BCUT2D eigenvalue weighted by Gasteiger charge is 2.34. The van der Waals surface area contributed by atoms with Crippen molar-refractivity contribution in [1.29, 1.82) is 0 Å². The highest BCUT2D eigenvalue weighted by molar-refractivity contribution is 5.87. The van der Waals surface area contributed by atoms with Gasteiger partial charge < -0.3 is 14.8 Å². The molecule has 5 nitrogen and oxygen atoms in total. The molecule has 0 fully saturated rings. The molecule has 0 saturated carbocycles. The van der Waals surface area contributed by atoms with Crippen LogP contribution in [0.1, 0.15) is 39.5 Å². The number of benzene rings is 1. The van der Waals surface area contributed by atoms with Crippen LogP contribution in [0.2, 0.25) is 0 Å². The molecule has 0 spiro atoms. The summed E-state index contributed by atoms with van der Waals surface area (Å²) in [5, 5.41) is 2.73. The molecule has 23 heavy (non-hydrogen) atoms. The summed E-state index contributed by atoms with van der Waals surface area (Å²) in [6.07, 6.45) is 1.99. The number of halogens is 1. The maximum absolute atomic E-state index is 12.7. The predicted molar refractivity (Wildman–Crippen MR) is 84.6 cm³/mol. The van der Waals surface area contributed by atoms with Crippen molar-refractivity contribution in [3.8, 4) is 5.75 Å². The molecule has 0 saturated heterocycles. The highest BCUT2D eigenvalue weighted by Crippen LogP contribution is 2.15. The van der Waals surface area contributed by atoms with Crippen molar-refractivity contribution < 1.29 is 23.5 Å². The standard InChI is InChI=1S/C17H24FNO4/c1-4-11-17(2,16(21)22-3)19-15(20)6-5-12-23-14-9-7-13(18)8-10-14/h7-10H,4-6,11-12H2,1-3H3,(H,19,20). The van der Waals surface area contributed by atoms with Crippen molar-refractivity contribution >= 4 is 11.9 Å². The van der Waals surface area contributed by atoms with Crippen molar-refractivity contribution in [1.82, 2.24) is 5.32 Å². The molecule has 0 aromatic heterocycles. The molecule has 1 unspecified atom stereocenters. The lowest BCUT2D eigenvalue weighted by molar-refractivity contribution is -0.150. The van der Waals surface area contributed by atoms with E-state index in [0.29, 0.717) is 25.2 Å². The van der Waals surface area contributed by atoms with Gasteiger partial charge in [0.1, 0.15) is 17.1 Å². The van der Waals surface area contributed by atoms with Crippen LogP contribution in [0.3, 0.4) is 0 Å². The monoisotopic (exact) mass is 325 g/mol. The first kappa shape index (κ1) is 18.9. The number of rotatable bonds is 9. The van der Waals surface area contributed by atoms with Crippen molar-refractivity contribution in [2.75, 3.05) is 13.7 Å². The molecule has 0 aliphatic carbocycles. The average molecular weight is 325 g/mol. The molecule has 1 aromatic rings. The van der Waals surface area contributed by atoms with E-state index in [4.69, 9.17) is 9.47 Å². The van der Waals surface area contributed by atoms with Crippen LogP contribution in [0.15, 0.2) is 24.3 Å². The molecule has 1 aromatic carbocycles. The van der Waals surface area contributed by atoms with Crippen LogP contribution in [-0.2, 0) is 14.3 Å². The SMILES string of the molecule is CCCC(C)(NC(=O)CCCOc1ccc(F)cc1)C(=O)OC. The van der Waals surface area contributed by atoms with E-state index in [9.17, 15) is 14.0 Å². The van der Waals surface area contributed by atoms with Crippen molar-refractivity contribution in [3.63, 3.8) is 0 Å². The first-order valence-electron chi connectivity index (χ1n) is 7.69. The topological polar surface area (TPSA) is 64.6 Å². The van der Waals surface area contributed by atoms with Gasteiger partial charge in [-0.1, -0.05) is 13.3 Å². The fourth-order valence-electron chi connectivity index (χ4n) is 2.26. The normalized spacial score (nSPS) is 13.0. The zero-order chi connectivity index (χ0) is 17.3. The first-order valence-corrected chi connectivity index (χ1v) is 7.69. The van der Waals surface area contributed by atoms with Gasteiger partial charge in [-0.25, -0.2) is 9.18 Å². The Morgan fingerprint density at radius 3 is 2.48 bits per heavy atom. The van der Waals surface area contributed by atoms with E-state index in [-0.39, 0.29) is 18.1 Å². The Morgan fingerprint density at radius 1 is 1.26 bits per heavy atom. The van der Waals surface area contributed by atoms with Crippen molar-refractivity contribution in [3.05, 3.63) is 30.1 Å². The van der Waals surface area contributed by atoms with Crippen LogP contribution in [0.5, 0.6) is 5.75 Å². The Kier molecular flexibility index (Phi) is 7.51. The molecule has 1 N–H and O–H groups in total. The quantitative estimate of drug-likeness (QED) is 0.560. The van der Waals surface area contributed by atoms with Crippen molar-refractivity contribution in [2.24, 2.45) is 0 Å². The van der Waals surface area contributed by atoms with Crippen LogP contribution in [0.4, 0.5) is 4.39 Å². The van der Waals surface area contributed by atoms with E-state index in [0.717, 1.165) is 6.42 Å². The van der Waals surface area contributed by atoms with Gasteiger partial charge in [0.2, 0.25) is 5.91 Å². The minimum Gasteiger partial charge on any atom is -0.494 e. The van der Waals surface area contributed by atoms with Gasteiger partial charge in [0.15, 0.2) is 0 Å². The van der Waals surface area contributed by atoms with E-state index < -0.39 is 11.5 Å². The molecular formula is C17H24FNO4. The largest absolute Gasteiger partial charge is 0.494 e. The van der Waals surface area contributed by atoms with Crippen LogP contribution >= 0.6 is 0 Å². The van der Waals surface area contributed by atoms with E-state index in [1.54, 1.807) is 6.92 Å². The molecule has 0 aliphatic heterocycles. The number of hydrogen-bond donors (Lipinski definition) is 1. The number of carbonyl (C=O) groups excluding carboxylic acids is 2. The fourth-order valence-corrected chi connectivity index (χ4v) is 2.26. The molecule has 0 aliphatic rings. The molecule has 6 heteroatoms. The fraction of sp³-hybridized carbons (Fsp3) is 0.529. The minimum absolute atomic E-state index is 0.228. The van der Waals surface area contributed by atoms with Crippen LogP contribution in [0.25, 0.3) is 0 Å². The Bertz CT molecular complexity index is 518. The lowest BCUT2D eigenvalue weighted by atomic mass is 9.96. The lowest BCUT2D eigenvalue weighted by Gasteiger charge is -2.27. The Morgan fingerprint density at radius 2 is 1.91 bits per heavy atom. The Labute approximate surface area is 136 Å². The zero-order valence-corrected chi connectivity index (χ0v) is 13.9. The summed E-state index contributed by atoms with van der Waals surface area (Å²) in [4.78, 5) is 23.8. The second kappa shape index (κ2) is 9.12. The number of esters is 1. The minimum atomic E-state index is -1.00. The van der Waals surface area contributed by atoms with E-state index in [2.05, 4.69) is 5.32 Å². The molecule has 1 rings (SSSR count). The summed E-state index contributed by atoms with van der Waals surface area (Å²) in [6.45, 7) is 3.93. The number of ether oxygens (including phenoxy) is 2. The summed E-state index contributed by atoms with van der Waals surface area (Å²) in [6, 6.07) is 5.69. The third kappa shape index (κ3) is 6.26. The van der Waals surface area contributed by atoms with E-state index in [1.807, 2.05) is 6.92 Å². The second-order valence-electron chi connectivity index (χ2n) is 5.53. The number of hydrogen-bond acceptors (Lipinski definition) is 4. The molecular weight excluding hydrogens is 301 g/mol. The molecule has 1 amide bonds.